The first-order valence-electron chi connectivity index (χ1n) is 16.4. The molecular weight excluding hydrogens is 703 g/mol. The molecule has 0 radical (unpaired) electrons. The molecule has 0 aliphatic heterocycles. The minimum Gasteiger partial charge on any atom is -0.207 e. The zero-order chi connectivity index (χ0) is 39.7. The van der Waals surface area contributed by atoms with E-state index in [0.29, 0.717) is 33.4 Å². The summed E-state index contributed by atoms with van der Waals surface area (Å²) in [6.07, 6.45) is 0. The second kappa shape index (κ2) is 14.1. The van der Waals surface area contributed by atoms with E-state index in [-0.39, 0.29) is 78.0 Å². The number of hydrogen-bond acceptors (Lipinski definition) is 8. The maximum absolute atomic E-state index is 14.3. The van der Waals surface area contributed by atoms with Gasteiger partial charge in [0.05, 0.1) is 68.8 Å². The van der Waals surface area contributed by atoms with Crippen molar-refractivity contribution < 1.29 is 8.78 Å². The van der Waals surface area contributed by atoms with Gasteiger partial charge in [-0.3, -0.25) is 0 Å². The first-order chi connectivity index (χ1) is 27.2. The van der Waals surface area contributed by atoms with Crippen LogP contribution in [0.5, 0.6) is 0 Å². The first-order valence-corrected chi connectivity index (χ1v) is 16.4. The summed E-state index contributed by atoms with van der Waals surface area (Å²) in [4.78, 5) is 0. The van der Waals surface area contributed by atoms with Crippen molar-refractivity contribution in [3.05, 3.63) is 175 Å². The number of benzene rings is 5. The van der Waals surface area contributed by atoms with Crippen LogP contribution in [-0.2, 0) is 0 Å². The van der Waals surface area contributed by atoms with Gasteiger partial charge < -0.3 is 0 Å². The SMILES string of the molecule is N#CC1=C(c2ccc(F)cc2)/C(=C(/C#N)c2cc(C#N)cc(C#N)c2)c2cc3c(cc21)C(C#N)=C(c1ccc(F)cc1)/C3=C(/C#N)c1cc(C#N)cc(C#N)c1. The number of nitriles is 8. The van der Waals surface area contributed by atoms with Crippen LogP contribution in [0, 0.1) is 102 Å². The molecule has 56 heavy (non-hydrogen) atoms. The van der Waals surface area contributed by atoms with Crippen molar-refractivity contribution in [2.24, 2.45) is 0 Å². The monoisotopic (exact) mass is 718 g/mol. The molecule has 254 valence electrons. The average Bonchev–Trinajstić information content (AvgIpc) is 3.72. The summed E-state index contributed by atoms with van der Waals surface area (Å²) in [5.41, 5.74) is 3.74. The minimum atomic E-state index is -0.551. The summed E-state index contributed by atoms with van der Waals surface area (Å²) in [6, 6.07) is 39.1. The number of rotatable bonds is 4. The normalized spacial score (nSPS) is 14.0. The molecular formula is C46H16F2N8. The summed E-state index contributed by atoms with van der Waals surface area (Å²) >= 11 is 0. The van der Waals surface area contributed by atoms with E-state index in [1.807, 2.05) is 24.3 Å². The fourth-order valence-electron chi connectivity index (χ4n) is 7.11. The molecule has 0 spiro atoms. The van der Waals surface area contributed by atoms with Gasteiger partial charge in [0, 0.05) is 33.4 Å². The molecule has 0 heterocycles. The third-order valence-corrected chi connectivity index (χ3v) is 9.41. The molecule has 5 aromatic rings. The Hall–Kier alpha value is -9.16. The van der Waals surface area contributed by atoms with E-state index < -0.39 is 11.6 Å². The quantitative estimate of drug-likeness (QED) is 0.164. The van der Waals surface area contributed by atoms with E-state index in [1.54, 1.807) is 12.1 Å². The number of allylic oxidation sites excluding steroid dienone is 8. The second-order valence-electron chi connectivity index (χ2n) is 12.4. The Balaban J connectivity index is 1.66. The summed E-state index contributed by atoms with van der Waals surface area (Å²) in [5.74, 6) is -1.10. The molecule has 0 fully saturated rings. The van der Waals surface area contributed by atoms with Gasteiger partial charge in [-0.1, -0.05) is 24.3 Å². The lowest BCUT2D eigenvalue weighted by Gasteiger charge is -2.15. The second-order valence-corrected chi connectivity index (χ2v) is 12.4. The van der Waals surface area contributed by atoms with Crippen LogP contribution in [0.3, 0.4) is 0 Å². The lowest BCUT2D eigenvalue weighted by atomic mass is 9.85. The zero-order valence-electron chi connectivity index (χ0n) is 28.6. The lowest BCUT2D eigenvalue weighted by molar-refractivity contribution is 0.627. The van der Waals surface area contributed by atoms with Crippen LogP contribution in [0.1, 0.15) is 66.8 Å². The van der Waals surface area contributed by atoms with E-state index >= 15 is 0 Å². The summed E-state index contributed by atoms with van der Waals surface area (Å²) in [6.45, 7) is 0. The van der Waals surface area contributed by atoms with Gasteiger partial charge >= 0.3 is 0 Å². The van der Waals surface area contributed by atoms with Crippen molar-refractivity contribution in [3.63, 3.8) is 0 Å². The number of nitrogens with zero attached hydrogens (tertiary/aromatic N) is 8. The Kier molecular flexibility index (Phi) is 8.88. The molecule has 0 bridgehead atoms. The Morgan fingerprint density at radius 3 is 0.982 bits per heavy atom. The molecule has 0 amide bonds. The molecule has 0 unspecified atom stereocenters. The highest BCUT2D eigenvalue weighted by Gasteiger charge is 2.37. The van der Waals surface area contributed by atoms with E-state index in [4.69, 9.17) is 0 Å². The topological polar surface area (TPSA) is 190 Å². The number of halogens is 2. The molecule has 0 saturated carbocycles. The summed E-state index contributed by atoms with van der Waals surface area (Å²) in [7, 11) is 0. The fourth-order valence-corrected chi connectivity index (χ4v) is 7.11. The molecule has 8 nitrogen and oxygen atoms in total. The third kappa shape index (κ3) is 5.71. The zero-order valence-corrected chi connectivity index (χ0v) is 28.6. The van der Waals surface area contributed by atoms with Crippen molar-refractivity contribution >= 4 is 44.6 Å². The predicted octanol–water partition coefficient (Wildman–Crippen LogP) is 9.22. The van der Waals surface area contributed by atoms with Gasteiger partial charge in [-0.05, 0) is 106 Å². The maximum atomic E-state index is 14.3. The van der Waals surface area contributed by atoms with Crippen LogP contribution in [0.15, 0.2) is 97.1 Å². The predicted molar refractivity (Wildman–Crippen MR) is 201 cm³/mol. The molecule has 0 saturated heterocycles. The van der Waals surface area contributed by atoms with E-state index in [9.17, 15) is 50.9 Å². The molecule has 10 heteroatoms. The largest absolute Gasteiger partial charge is 0.207 e. The van der Waals surface area contributed by atoms with Gasteiger partial charge in [-0.25, -0.2) is 8.78 Å². The van der Waals surface area contributed by atoms with E-state index in [1.165, 1.54) is 84.9 Å². The highest BCUT2D eigenvalue weighted by atomic mass is 19.1. The maximum Gasteiger partial charge on any atom is 0.123 e. The van der Waals surface area contributed by atoms with Crippen molar-refractivity contribution in [1.82, 2.24) is 0 Å². The standard InChI is InChI=1S/C46H16F2N8/c47-33-5-1-29(2-6-33)43-41(23-55)35-15-36-38(16-37(35)45(43)39(21-53)31-11-25(17-49)9-26(12-31)18-50)46(44(42(36)24-56)30-3-7-34(48)8-4-30)40(22-54)32-13-27(19-51)10-28(14-32)20-52/h1-16H/b45-39-,46-40-. The Morgan fingerprint density at radius 1 is 0.375 bits per heavy atom. The van der Waals surface area contributed by atoms with Gasteiger partial charge in [-0.15, -0.1) is 0 Å². The van der Waals surface area contributed by atoms with Crippen molar-refractivity contribution in [3.8, 4) is 48.6 Å². The summed E-state index contributed by atoms with van der Waals surface area (Å²) < 4.78 is 28.5. The molecule has 0 atom stereocenters. The molecule has 0 aromatic heterocycles. The van der Waals surface area contributed by atoms with Crippen LogP contribution in [0.25, 0.3) is 44.6 Å². The van der Waals surface area contributed by atoms with E-state index in [2.05, 4.69) is 24.3 Å². The molecule has 2 aliphatic rings. The van der Waals surface area contributed by atoms with Gasteiger partial charge in [0.25, 0.3) is 0 Å². The lowest BCUT2D eigenvalue weighted by Crippen LogP contribution is -1.98. The number of hydrogen-bond donors (Lipinski definition) is 0. The highest BCUT2D eigenvalue weighted by molar-refractivity contribution is 6.34. The van der Waals surface area contributed by atoms with Crippen molar-refractivity contribution in [1.29, 1.82) is 42.1 Å². The van der Waals surface area contributed by atoms with Crippen LogP contribution in [-0.4, -0.2) is 0 Å². The molecule has 5 aromatic carbocycles. The van der Waals surface area contributed by atoms with Crippen molar-refractivity contribution in [2.45, 2.75) is 0 Å². The molecule has 2 aliphatic carbocycles. The van der Waals surface area contributed by atoms with E-state index in [0.717, 1.165) is 0 Å². The average molecular weight is 719 g/mol. The first kappa shape index (κ1) is 35.3. The van der Waals surface area contributed by atoms with Gasteiger partial charge in [0.2, 0.25) is 0 Å². The highest BCUT2D eigenvalue weighted by Crippen LogP contribution is 2.56. The van der Waals surface area contributed by atoms with Gasteiger partial charge in [0.15, 0.2) is 0 Å². The van der Waals surface area contributed by atoms with Crippen LogP contribution < -0.4 is 0 Å². The van der Waals surface area contributed by atoms with Gasteiger partial charge in [-0.2, -0.15) is 42.1 Å². The van der Waals surface area contributed by atoms with Crippen molar-refractivity contribution in [2.75, 3.05) is 0 Å². The fraction of sp³-hybridized carbons (Fsp3) is 0. The smallest absolute Gasteiger partial charge is 0.123 e. The third-order valence-electron chi connectivity index (χ3n) is 9.41. The molecule has 7 rings (SSSR count). The Labute approximate surface area is 318 Å². The Morgan fingerprint density at radius 2 is 0.696 bits per heavy atom. The minimum absolute atomic E-state index is 0.0268. The van der Waals surface area contributed by atoms with Crippen LogP contribution in [0.2, 0.25) is 0 Å². The summed E-state index contributed by atoms with van der Waals surface area (Å²) in [5, 5.41) is 82.4. The van der Waals surface area contributed by atoms with Crippen LogP contribution >= 0.6 is 0 Å². The number of fused-ring (bicyclic) bond motifs is 2. The molecule has 0 N–H and O–H groups in total. The Bertz CT molecular complexity index is 2830. The van der Waals surface area contributed by atoms with Crippen LogP contribution in [0.4, 0.5) is 8.78 Å². The van der Waals surface area contributed by atoms with Gasteiger partial charge in [0.1, 0.15) is 35.9 Å².